The zero-order valence-corrected chi connectivity index (χ0v) is 16.3. The zero-order valence-electron chi connectivity index (χ0n) is 16.3. The van der Waals surface area contributed by atoms with Crippen molar-refractivity contribution in [1.82, 2.24) is 5.32 Å². The average Bonchev–Trinajstić information content (AvgIpc) is 3.15. The molecule has 0 saturated heterocycles. The Morgan fingerprint density at radius 3 is 2.44 bits per heavy atom. The molecule has 0 saturated carbocycles. The van der Waals surface area contributed by atoms with Crippen molar-refractivity contribution in [3.8, 4) is 11.1 Å². The highest BCUT2D eigenvalue weighted by atomic mass is 16.5. The molecule has 2 unspecified atom stereocenters. The largest absolute Gasteiger partial charge is 0.477 e. The van der Waals surface area contributed by atoms with Gasteiger partial charge in [0.2, 0.25) is 11.8 Å². The summed E-state index contributed by atoms with van der Waals surface area (Å²) in [5.74, 6) is 0.911. The third kappa shape index (κ3) is 4.97. The van der Waals surface area contributed by atoms with Crippen LogP contribution in [0.15, 0.2) is 59.6 Å². The number of carbonyl (C=O) groups is 1. The lowest BCUT2D eigenvalue weighted by Crippen LogP contribution is -2.44. The Morgan fingerprint density at radius 1 is 1.15 bits per heavy atom. The summed E-state index contributed by atoms with van der Waals surface area (Å²) in [6, 6.07) is 19.0. The SMILES string of the molecule is CCC(C)C(NC(C)=O)C1=N[C@@H](Cc2ccc(-c3ccccc3)cc2)CO1. The van der Waals surface area contributed by atoms with Gasteiger partial charge in [-0.25, -0.2) is 4.99 Å². The highest BCUT2D eigenvalue weighted by Gasteiger charge is 2.30. The van der Waals surface area contributed by atoms with Crippen LogP contribution in [0, 0.1) is 5.92 Å². The van der Waals surface area contributed by atoms with Gasteiger partial charge in [-0.3, -0.25) is 4.79 Å². The predicted octanol–water partition coefficient (Wildman–Crippen LogP) is 4.24. The van der Waals surface area contributed by atoms with E-state index in [1.165, 1.54) is 23.6 Å². The number of nitrogens with one attached hydrogen (secondary N) is 1. The lowest BCUT2D eigenvalue weighted by molar-refractivity contribution is -0.119. The Kier molecular flexibility index (Phi) is 6.28. The molecule has 1 aliphatic heterocycles. The average molecular weight is 364 g/mol. The minimum absolute atomic E-state index is 0.0495. The summed E-state index contributed by atoms with van der Waals surface area (Å²) in [5.41, 5.74) is 3.68. The fraction of sp³-hybridized carbons (Fsp3) is 0.391. The first-order valence-electron chi connectivity index (χ1n) is 9.68. The first-order valence-corrected chi connectivity index (χ1v) is 9.68. The van der Waals surface area contributed by atoms with E-state index in [-0.39, 0.29) is 23.9 Å². The molecular weight excluding hydrogens is 336 g/mol. The van der Waals surface area contributed by atoms with Crippen molar-refractivity contribution in [2.45, 2.75) is 45.7 Å². The van der Waals surface area contributed by atoms with E-state index in [0.717, 1.165) is 12.8 Å². The Labute approximate surface area is 161 Å². The second-order valence-corrected chi connectivity index (χ2v) is 7.26. The molecule has 1 heterocycles. The fourth-order valence-corrected chi connectivity index (χ4v) is 3.35. The molecular formula is C23H28N2O2. The molecule has 2 aromatic carbocycles. The Bertz CT molecular complexity index is 784. The maximum absolute atomic E-state index is 11.5. The Balaban J connectivity index is 1.67. The number of hydrogen-bond acceptors (Lipinski definition) is 3. The van der Waals surface area contributed by atoms with E-state index in [2.05, 4.69) is 67.7 Å². The maximum Gasteiger partial charge on any atom is 0.217 e. The highest BCUT2D eigenvalue weighted by Crippen LogP contribution is 2.22. The van der Waals surface area contributed by atoms with Crippen LogP contribution in [0.4, 0.5) is 0 Å². The smallest absolute Gasteiger partial charge is 0.217 e. The van der Waals surface area contributed by atoms with Crippen LogP contribution >= 0.6 is 0 Å². The van der Waals surface area contributed by atoms with Gasteiger partial charge in [-0.05, 0) is 29.0 Å². The molecule has 4 heteroatoms. The molecule has 27 heavy (non-hydrogen) atoms. The molecule has 0 fully saturated rings. The minimum atomic E-state index is -0.141. The third-order valence-corrected chi connectivity index (χ3v) is 5.10. The van der Waals surface area contributed by atoms with Gasteiger partial charge in [0.05, 0.1) is 6.04 Å². The van der Waals surface area contributed by atoms with Gasteiger partial charge >= 0.3 is 0 Å². The predicted molar refractivity (Wildman–Crippen MR) is 110 cm³/mol. The second kappa shape index (κ2) is 8.85. The van der Waals surface area contributed by atoms with Crippen molar-refractivity contribution in [3.05, 3.63) is 60.2 Å². The monoisotopic (exact) mass is 364 g/mol. The van der Waals surface area contributed by atoms with Crippen LogP contribution in [0.2, 0.25) is 0 Å². The molecule has 1 aliphatic rings. The molecule has 0 aromatic heterocycles. The van der Waals surface area contributed by atoms with Crippen molar-refractivity contribution in [2.24, 2.45) is 10.9 Å². The molecule has 1 N–H and O–H groups in total. The van der Waals surface area contributed by atoms with E-state index in [0.29, 0.717) is 12.5 Å². The van der Waals surface area contributed by atoms with Gasteiger partial charge in [0.15, 0.2) is 0 Å². The molecule has 0 radical (unpaired) electrons. The van der Waals surface area contributed by atoms with E-state index < -0.39 is 0 Å². The third-order valence-electron chi connectivity index (χ3n) is 5.10. The fourth-order valence-electron chi connectivity index (χ4n) is 3.35. The Morgan fingerprint density at radius 2 is 1.81 bits per heavy atom. The van der Waals surface area contributed by atoms with Crippen molar-refractivity contribution in [3.63, 3.8) is 0 Å². The van der Waals surface area contributed by atoms with E-state index >= 15 is 0 Å². The van der Waals surface area contributed by atoms with Crippen molar-refractivity contribution in [2.75, 3.05) is 6.61 Å². The van der Waals surface area contributed by atoms with E-state index in [9.17, 15) is 4.79 Å². The minimum Gasteiger partial charge on any atom is -0.477 e. The Hall–Kier alpha value is -2.62. The number of benzene rings is 2. The van der Waals surface area contributed by atoms with Gasteiger partial charge in [-0.2, -0.15) is 0 Å². The number of aliphatic imine (C=N–C) groups is 1. The zero-order chi connectivity index (χ0) is 19.2. The molecule has 0 spiro atoms. The molecule has 4 nitrogen and oxygen atoms in total. The van der Waals surface area contributed by atoms with Gasteiger partial charge < -0.3 is 10.1 Å². The molecule has 0 bridgehead atoms. The van der Waals surface area contributed by atoms with Crippen LogP contribution in [-0.4, -0.2) is 30.5 Å². The number of nitrogens with zero attached hydrogens (tertiary/aromatic N) is 1. The molecule has 1 amide bonds. The van der Waals surface area contributed by atoms with E-state index in [1.54, 1.807) is 0 Å². The standard InChI is InChI=1S/C23H28N2O2/c1-4-16(2)22(24-17(3)26)23-25-21(15-27-23)14-18-10-12-20(13-11-18)19-8-6-5-7-9-19/h5-13,16,21-22H,4,14-15H2,1-3H3,(H,24,26)/t16?,21-,22?/m0/s1. The van der Waals surface area contributed by atoms with Crippen LogP contribution in [0.5, 0.6) is 0 Å². The summed E-state index contributed by atoms with van der Waals surface area (Å²) in [6.45, 7) is 6.34. The van der Waals surface area contributed by atoms with E-state index in [4.69, 9.17) is 9.73 Å². The first-order chi connectivity index (χ1) is 13.1. The summed E-state index contributed by atoms with van der Waals surface area (Å²) < 4.78 is 5.85. The van der Waals surface area contributed by atoms with Crippen LogP contribution in [0.1, 0.15) is 32.8 Å². The lowest BCUT2D eigenvalue weighted by atomic mass is 9.99. The number of ether oxygens (including phenoxy) is 1. The number of rotatable bonds is 7. The van der Waals surface area contributed by atoms with Gasteiger partial charge in [0.25, 0.3) is 0 Å². The summed E-state index contributed by atoms with van der Waals surface area (Å²) in [5, 5.41) is 2.99. The number of hydrogen-bond donors (Lipinski definition) is 1. The molecule has 0 aliphatic carbocycles. The maximum atomic E-state index is 11.5. The first kappa shape index (κ1) is 19.2. The highest BCUT2D eigenvalue weighted by molar-refractivity contribution is 5.88. The molecule has 3 rings (SSSR count). The van der Waals surface area contributed by atoms with Crippen molar-refractivity contribution >= 4 is 11.8 Å². The number of amides is 1. The van der Waals surface area contributed by atoms with Gasteiger partial charge in [-0.15, -0.1) is 0 Å². The summed E-state index contributed by atoms with van der Waals surface area (Å²) in [6.07, 6.45) is 1.80. The van der Waals surface area contributed by atoms with Gasteiger partial charge in [0.1, 0.15) is 12.6 Å². The van der Waals surface area contributed by atoms with Crippen LogP contribution in [0.25, 0.3) is 11.1 Å². The second-order valence-electron chi connectivity index (χ2n) is 7.26. The summed E-state index contributed by atoms with van der Waals surface area (Å²) >= 11 is 0. The van der Waals surface area contributed by atoms with Crippen molar-refractivity contribution < 1.29 is 9.53 Å². The van der Waals surface area contributed by atoms with Crippen molar-refractivity contribution in [1.29, 1.82) is 0 Å². The lowest BCUT2D eigenvalue weighted by Gasteiger charge is -2.22. The van der Waals surface area contributed by atoms with Crippen LogP contribution in [-0.2, 0) is 16.0 Å². The molecule has 142 valence electrons. The van der Waals surface area contributed by atoms with Gasteiger partial charge in [-0.1, -0.05) is 74.9 Å². The van der Waals surface area contributed by atoms with E-state index in [1.807, 2.05) is 6.07 Å². The van der Waals surface area contributed by atoms with Crippen LogP contribution in [0.3, 0.4) is 0 Å². The number of carbonyl (C=O) groups excluding carboxylic acids is 1. The summed E-state index contributed by atoms with van der Waals surface area (Å²) in [7, 11) is 0. The normalized spacial score (nSPS) is 18.3. The topological polar surface area (TPSA) is 50.7 Å². The van der Waals surface area contributed by atoms with Gasteiger partial charge in [0, 0.05) is 6.92 Å². The summed E-state index contributed by atoms with van der Waals surface area (Å²) in [4.78, 5) is 16.3. The molecule has 2 aromatic rings. The van der Waals surface area contributed by atoms with Crippen LogP contribution < -0.4 is 5.32 Å². The quantitative estimate of drug-likeness (QED) is 0.799. The molecule has 3 atom stereocenters.